The lowest BCUT2D eigenvalue weighted by molar-refractivity contribution is 0.0968. The number of nitrogens with one attached hydrogen (secondary N) is 1. The first kappa shape index (κ1) is 31.3. The van der Waals surface area contributed by atoms with Gasteiger partial charge in [-0.1, -0.05) is 83.3 Å². The number of fused-ring (bicyclic) bond motifs is 1. The fourth-order valence-electron chi connectivity index (χ4n) is 6.10. The number of rotatable bonds is 16. The highest BCUT2D eigenvalue weighted by Gasteiger charge is 2.39. The molecule has 1 heterocycles. The molecule has 0 spiro atoms. The van der Waals surface area contributed by atoms with Crippen LogP contribution < -0.4 is 10.3 Å². The predicted molar refractivity (Wildman–Crippen MR) is 163 cm³/mol. The molecule has 226 valence electrons. The number of aryl methyl sites for hydroxylation is 1. The molecule has 1 aromatic heterocycles. The molecule has 2 aliphatic carbocycles. The lowest BCUT2D eigenvalue weighted by atomic mass is 9.85. The van der Waals surface area contributed by atoms with Crippen molar-refractivity contribution in [1.29, 1.82) is 0 Å². The van der Waals surface area contributed by atoms with Crippen LogP contribution in [-0.2, 0) is 16.4 Å². The number of hydrogen-bond donors (Lipinski definition) is 2. The third-order valence-corrected chi connectivity index (χ3v) is 9.86. The second kappa shape index (κ2) is 15.0. The summed E-state index contributed by atoms with van der Waals surface area (Å²) in [6.07, 6.45) is 16.3. The summed E-state index contributed by atoms with van der Waals surface area (Å²) in [6, 6.07) is 7.06. The van der Waals surface area contributed by atoms with Gasteiger partial charge in [0, 0.05) is 24.4 Å². The molecule has 2 N–H and O–H groups in total. The molecule has 0 radical (unpaired) electrons. The van der Waals surface area contributed by atoms with Gasteiger partial charge in [-0.25, -0.2) is 13.2 Å². The van der Waals surface area contributed by atoms with E-state index in [1.165, 1.54) is 38.5 Å². The van der Waals surface area contributed by atoms with Gasteiger partial charge in [-0.05, 0) is 55.7 Å². The lowest BCUT2D eigenvalue weighted by Crippen LogP contribution is -2.21. The molecule has 1 aromatic carbocycles. The zero-order valence-corrected chi connectivity index (χ0v) is 25.4. The van der Waals surface area contributed by atoms with Gasteiger partial charge in [0.15, 0.2) is 5.78 Å². The number of sulfonamides is 1. The lowest BCUT2D eigenvalue weighted by Gasteiger charge is -2.21. The third-order valence-electron chi connectivity index (χ3n) is 8.48. The van der Waals surface area contributed by atoms with Crippen molar-refractivity contribution in [3.8, 4) is 5.75 Å². The number of benzene rings is 1. The Hall–Kier alpha value is -2.61. The molecule has 1 atom stereocenters. The van der Waals surface area contributed by atoms with Crippen LogP contribution in [0.25, 0.3) is 0 Å². The molecule has 1 fully saturated rings. The van der Waals surface area contributed by atoms with Crippen LogP contribution in [0.1, 0.15) is 143 Å². The van der Waals surface area contributed by atoms with Crippen LogP contribution in [0, 0.1) is 5.92 Å². The van der Waals surface area contributed by atoms with Crippen molar-refractivity contribution in [2.24, 2.45) is 5.92 Å². The van der Waals surface area contributed by atoms with E-state index < -0.39 is 21.6 Å². The van der Waals surface area contributed by atoms with E-state index in [1.54, 1.807) is 18.2 Å². The van der Waals surface area contributed by atoms with Crippen LogP contribution in [0.5, 0.6) is 5.75 Å². The molecular weight excluding hydrogens is 538 g/mol. The Balaban J connectivity index is 1.42. The highest BCUT2D eigenvalue weighted by molar-refractivity contribution is 7.92. The van der Waals surface area contributed by atoms with Crippen molar-refractivity contribution < 1.29 is 22.7 Å². The molecule has 0 saturated heterocycles. The van der Waals surface area contributed by atoms with Gasteiger partial charge in [-0.3, -0.25) is 9.52 Å². The molecule has 2 aliphatic rings. The summed E-state index contributed by atoms with van der Waals surface area (Å²) in [5, 5.41) is 11.3. The van der Waals surface area contributed by atoms with E-state index in [1.807, 2.05) is 6.07 Å². The first-order chi connectivity index (χ1) is 19.8. The van der Waals surface area contributed by atoms with Gasteiger partial charge in [-0.2, -0.15) is 0 Å². The maximum atomic E-state index is 13.2. The summed E-state index contributed by atoms with van der Waals surface area (Å²) >= 11 is 0. The highest BCUT2D eigenvalue weighted by atomic mass is 32.2. The van der Waals surface area contributed by atoms with Crippen molar-refractivity contribution in [2.45, 2.75) is 122 Å². The SMILES string of the molecule is CCCCCCCCCCCCS(=O)(=O)Nc1cccc(C(c2c(O)c3c(oc2=O)CCCCCC3=O)C2CC2)c1. The fraction of sp³-hybridized carbons (Fsp3) is 0.636. The van der Waals surface area contributed by atoms with E-state index in [0.717, 1.165) is 56.9 Å². The van der Waals surface area contributed by atoms with E-state index >= 15 is 0 Å². The molecular formula is C33H47NO6S. The number of carbonyl (C=O) groups is 1. The summed E-state index contributed by atoms with van der Waals surface area (Å²) in [5.41, 5.74) is 0.821. The average Bonchev–Trinajstić information content (AvgIpc) is 3.75. The number of carbonyl (C=O) groups excluding carboxylic acids is 1. The van der Waals surface area contributed by atoms with Gasteiger partial charge in [0.2, 0.25) is 10.0 Å². The highest BCUT2D eigenvalue weighted by Crippen LogP contribution is 2.49. The number of unbranched alkanes of at least 4 members (excludes halogenated alkanes) is 9. The molecule has 1 saturated carbocycles. The van der Waals surface area contributed by atoms with Gasteiger partial charge < -0.3 is 9.52 Å². The fourth-order valence-corrected chi connectivity index (χ4v) is 7.27. The summed E-state index contributed by atoms with van der Waals surface area (Å²) in [4.78, 5) is 26.1. The third kappa shape index (κ3) is 8.94. The van der Waals surface area contributed by atoms with Gasteiger partial charge in [0.25, 0.3) is 0 Å². The summed E-state index contributed by atoms with van der Waals surface area (Å²) in [5.74, 6) is -0.455. The first-order valence-electron chi connectivity index (χ1n) is 15.8. The molecule has 2 aromatic rings. The number of ketones is 1. The van der Waals surface area contributed by atoms with Crippen LogP contribution in [0.3, 0.4) is 0 Å². The minimum Gasteiger partial charge on any atom is -0.506 e. The largest absolute Gasteiger partial charge is 0.506 e. The summed E-state index contributed by atoms with van der Waals surface area (Å²) in [7, 11) is -3.52. The molecule has 8 heteroatoms. The minimum absolute atomic E-state index is 0.0666. The number of hydrogen-bond acceptors (Lipinski definition) is 6. The molecule has 4 rings (SSSR count). The van der Waals surface area contributed by atoms with E-state index in [0.29, 0.717) is 24.9 Å². The Bertz CT molecular complexity index is 1330. The predicted octanol–water partition coefficient (Wildman–Crippen LogP) is 7.85. The van der Waals surface area contributed by atoms with Crippen LogP contribution in [0.4, 0.5) is 5.69 Å². The van der Waals surface area contributed by atoms with Crippen molar-refractivity contribution in [2.75, 3.05) is 10.5 Å². The monoisotopic (exact) mass is 585 g/mol. The number of anilines is 1. The smallest absolute Gasteiger partial charge is 0.343 e. The van der Waals surface area contributed by atoms with E-state index in [-0.39, 0.29) is 40.1 Å². The van der Waals surface area contributed by atoms with Gasteiger partial charge in [0.05, 0.1) is 16.9 Å². The van der Waals surface area contributed by atoms with Crippen LogP contribution in [0.2, 0.25) is 0 Å². The van der Waals surface area contributed by atoms with Crippen LogP contribution in [0.15, 0.2) is 33.5 Å². The molecule has 1 unspecified atom stereocenters. The Morgan fingerprint density at radius 3 is 2.27 bits per heavy atom. The van der Waals surface area contributed by atoms with E-state index in [9.17, 15) is 23.1 Å². The summed E-state index contributed by atoms with van der Waals surface area (Å²) < 4.78 is 34.1. The molecule has 41 heavy (non-hydrogen) atoms. The molecule has 0 amide bonds. The van der Waals surface area contributed by atoms with Crippen molar-refractivity contribution in [1.82, 2.24) is 0 Å². The first-order valence-corrected chi connectivity index (χ1v) is 17.5. The molecule has 7 nitrogen and oxygen atoms in total. The topological polar surface area (TPSA) is 114 Å². The Kier molecular flexibility index (Phi) is 11.5. The van der Waals surface area contributed by atoms with Crippen molar-refractivity contribution >= 4 is 21.5 Å². The normalized spacial score (nSPS) is 16.6. The van der Waals surface area contributed by atoms with E-state index in [2.05, 4.69) is 11.6 Å². The number of Topliss-reactive ketones (excluding diaryl/α,β-unsaturated/α-hetero) is 1. The van der Waals surface area contributed by atoms with Gasteiger partial charge in [0.1, 0.15) is 11.5 Å². The second-order valence-corrected chi connectivity index (χ2v) is 13.8. The summed E-state index contributed by atoms with van der Waals surface area (Å²) in [6.45, 7) is 2.22. The van der Waals surface area contributed by atoms with Crippen LogP contribution >= 0.6 is 0 Å². The average molecular weight is 586 g/mol. The van der Waals surface area contributed by atoms with Crippen LogP contribution in [-0.4, -0.2) is 25.1 Å². The Labute approximate surface area is 245 Å². The molecule has 0 bridgehead atoms. The minimum atomic E-state index is -3.52. The standard InChI is InChI=1S/C33H47NO6S/c1-2-3-4-5-6-7-8-9-10-14-22-41(38,39)34-26-17-15-16-25(23-26)29(24-20-21-24)31-32(36)30-27(35)18-12-11-13-19-28(30)40-33(31)37/h15-17,23-24,29,34,36H,2-14,18-22H2,1H3. The van der Waals surface area contributed by atoms with Gasteiger partial charge >= 0.3 is 5.63 Å². The molecule has 0 aliphatic heterocycles. The van der Waals surface area contributed by atoms with Crippen molar-refractivity contribution in [3.05, 3.63) is 57.1 Å². The van der Waals surface area contributed by atoms with Crippen molar-refractivity contribution in [3.63, 3.8) is 0 Å². The maximum absolute atomic E-state index is 13.2. The second-order valence-electron chi connectivity index (χ2n) is 12.0. The maximum Gasteiger partial charge on any atom is 0.343 e. The Morgan fingerprint density at radius 1 is 0.927 bits per heavy atom. The van der Waals surface area contributed by atoms with Gasteiger partial charge in [-0.15, -0.1) is 0 Å². The zero-order valence-electron chi connectivity index (χ0n) is 24.6. The Morgan fingerprint density at radius 2 is 1.59 bits per heavy atom. The zero-order chi connectivity index (χ0) is 29.2. The quantitative estimate of drug-likeness (QED) is 0.194. The number of aromatic hydroxyl groups is 1. The van der Waals surface area contributed by atoms with E-state index in [4.69, 9.17) is 4.42 Å².